The number of fused-ring (bicyclic) bond motifs is 2. The summed E-state index contributed by atoms with van der Waals surface area (Å²) in [7, 11) is 0. The first-order valence-electron chi connectivity index (χ1n) is 8.74. The molecule has 2 aliphatic heterocycles. The smallest absolute Gasteiger partial charge is 0.290 e. The maximum Gasteiger partial charge on any atom is 0.290 e. The minimum absolute atomic E-state index is 0.256. The Balaban J connectivity index is 1.41. The Morgan fingerprint density at radius 3 is 3.00 bits per heavy atom. The molecule has 7 nitrogen and oxygen atoms in total. The number of imidazole rings is 1. The summed E-state index contributed by atoms with van der Waals surface area (Å²) >= 11 is 0.912. The highest BCUT2D eigenvalue weighted by Crippen LogP contribution is 2.35. The quantitative estimate of drug-likeness (QED) is 0.685. The van der Waals surface area contributed by atoms with Crippen LogP contribution in [-0.2, 0) is 17.8 Å². The molecule has 28 heavy (non-hydrogen) atoms. The Morgan fingerprint density at radius 2 is 2.14 bits per heavy atom. The second-order valence-corrected chi connectivity index (χ2v) is 7.45. The Hall–Kier alpha value is -3.26. The van der Waals surface area contributed by atoms with Crippen LogP contribution in [0.1, 0.15) is 11.1 Å². The van der Waals surface area contributed by atoms with Crippen molar-refractivity contribution in [2.24, 2.45) is 0 Å². The summed E-state index contributed by atoms with van der Waals surface area (Å²) in [5.74, 6) is 1.24. The Morgan fingerprint density at radius 1 is 1.21 bits per heavy atom. The zero-order valence-corrected chi connectivity index (χ0v) is 15.5. The minimum Gasteiger partial charge on any atom is -0.454 e. The molecule has 140 valence electrons. The molecule has 2 aromatic carbocycles. The number of hydrogen-bond donors (Lipinski definition) is 1. The molecule has 2 aliphatic rings. The SMILES string of the molecule is O=C1NC(=O)C(=Cc2ccc3ncn(CCc4cccc5c4OCO5)c3c2)S1. The van der Waals surface area contributed by atoms with E-state index in [1.807, 2.05) is 42.7 Å². The standard InChI is InChI=1S/C20H15N3O4S/c24-19-17(28-20(25)22-19)9-12-4-5-14-15(8-12)23(10-21-14)7-6-13-2-1-3-16-18(13)27-11-26-16/h1-5,8-10H,6-7,11H2,(H,22,24,25). The van der Waals surface area contributed by atoms with E-state index in [0.717, 1.165) is 58.4 Å². The lowest BCUT2D eigenvalue weighted by Crippen LogP contribution is -2.17. The molecule has 8 heteroatoms. The van der Waals surface area contributed by atoms with Gasteiger partial charge >= 0.3 is 0 Å². The Kier molecular flexibility index (Phi) is 4.05. The highest BCUT2D eigenvalue weighted by Gasteiger charge is 2.25. The van der Waals surface area contributed by atoms with Gasteiger partial charge < -0.3 is 14.0 Å². The lowest BCUT2D eigenvalue weighted by atomic mass is 10.1. The number of nitrogens with zero attached hydrogens (tertiary/aromatic N) is 2. The molecule has 1 fully saturated rings. The first kappa shape index (κ1) is 16.9. The van der Waals surface area contributed by atoms with E-state index in [1.165, 1.54) is 0 Å². The van der Waals surface area contributed by atoms with Gasteiger partial charge in [-0.2, -0.15) is 0 Å². The maximum atomic E-state index is 11.8. The molecule has 1 N–H and O–H groups in total. The maximum absolute atomic E-state index is 11.8. The number of benzene rings is 2. The molecule has 5 rings (SSSR count). The third kappa shape index (κ3) is 3.01. The van der Waals surface area contributed by atoms with Crippen LogP contribution in [0, 0.1) is 0 Å². The van der Waals surface area contributed by atoms with Crippen LogP contribution in [0.3, 0.4) is 0 Å². The van der Waals surface area contributed by atoms with Crippen molar-refractivity contribution in [1.29, 1.82) is 0 Å². The van der Waals surface area contributed by atoms with Crippen LogP contribution in [0.5, 0.6) is 11.5 Å². The highest BCUT2D eigenvalue weighted by atomic mass is 32.2. The van der Waals surface area contributed by atoms with E-state index in [1.54, 1.807) is 6.08 Å². The lowest BCUT2D eigenvalue weighted by Gasteiger charge is -2.08. The number of carbonyl (C=O) groups excluding carboxylic acids is 2. The van der Waals surface area contributed by atoms with E-state index < -0.39 is 0 Å². The molecule has 0 radical (unpaired) electrons. The summed E-state index contributed by atoms with van der Waals surface area (Å²) in [6, 6.07) is 11.7. The van der Waals surface area contributed by atoms with Gasteiger partial charge in [0.05, 0.1) is 22.3 Å². The second kappa shape index (κ2) is 6.72. The lowest BCUT2D eigenvalue weighted by molar-refractivity contribution is -0.115. The van der Waals surface area contributed by atoms with Crippen LogP contribution in [0.15, 0.2) is 47.6 Å². The number of ether oxygens (including phenoxy) is 2. The molecule has 3 heterocycles. The normalized spacial score (nSPS) is 16.9. The number of aromatic nitrogens is 2. The third-order valence-electron chi connectivity index (χ3n) is 4.69. The molecule has 1 saturated heterocycles. The van der Waals surface area contributed by atoms with Crippen molar-refractivity contribution in [3.05, 3.63) is 58.8 Å². The van der Waals surface area contributed by atoms with Crippen molar-refractivity contribution in [2.75, 3.05) is 6.79 Å². The number of rotatable bonds is 4. The molecule has 0 spiro atoms. The van der Waals surface area contributed by atoms with Gasteiger partial charge in [0.15, 0.2) is 11.5 Å². The van der Waals surface area contributed by atoms with Crippen LogP contribution >= 0.6 is 11.8 Å². The van der Waals surface area contributed by atoms with Gasteiger partial charge in [-0.15, -0.1) is 0 Å². The second-order valence-electron chi connectivity index (χ2n) is 6.44. The van der Waals surface area contributed by atoms with Gasteiger partial charge in [-0.05, 0) is 53.6 Å². The van der Waals surface area contributed by atoms with Crippen molar-refractivity contribution in [3.63, 3.8) is 0 Å². The number of thioether (sulfide) groups is 1. The summed E-state index contributed by atoms with van der Waals surface area (Å²) in [6.07, 6.45) is 4.30. The molecule has 1 aromatic heterocycles. The number of aryl methyl sites for hydroxylation is 2. The van der Waals surface area contributed by atoms with Gasteiger partial charge in [-0.3, -0.25) is 14.9 Å². The fraction of sp³-hybridized carbons (Fsp3) is 0.150. The van der Waals surface area contributed by atoms with Crippen molar-refractivity contribution >= 4 is 40.0 Å². The molecule has 0 atom stereocenters. The summed E-state index contributed by atoms with van der Waals surface area (Å²) in [5.41, 5.74) is 3.78. The molecule has 0 bridgehead atoms. The Labute approximate surface area is 164 Å². The van der Waals surface area contributed by atoms with Crippen molar-refractivity contribution in [3.8, 4) is 11.5 Å². The van der Waals surface area contributed by atoms with E-state index in [4.69, 9.17) is 9.47 Å². The zero-order valence-electron chi connectivity index (χ0n) is 14.7. The number of hydrogen-bond acceptors (Lipinski definition) is 6. The fourth-order valence-electron chi connectivity index (χ4n) is 3.34. The molecular weight excluding hydrogens is 378 g/mol. The van der Waals surface area contributed by atoms with E-state index in [-0.39, 0.29) is 17.9 Å². The zero-order chi connectivity index (χ0) is 19.1. The van der Waals surface area contributed by atoms with E-state index in [0.29, 0.717) is 4.91 Å². The van der Waals surface area contributed by atoms with E-state index in [9.17, 15) is 9.59 Å². The molecule has 0 saturated carbocycles. The molecule has 0 unspecified atom stereocenters. The number of amides is 2. The number of para-hydroxylation sites is 1. The van der Waals surface area contributed by atoms with Gasteiger partial charge in [0.25, 0.3) is 11.1 Å². The molecule has 2 amide bonds. The first-order chi connectivity index (χ1) is 13.7. The topological polar surface area (TPSA) is 82.5 Å². The van der Waals surface area contributed by atoms with E-state index in [2.05, 4.69) is 14.9 Å². The fourth-order valence-corrected chi connectivity index (χ4v) is 4.02. The van der Waals surface area contributed by atoms with Gasteiger partial charge in [0.1, 0.15) is 0 Å². The third-order valence-corrected chi connectivity index (χ3v) is 5.50. The monoisotopic (exact) mass is 393 g/mol. The number of nitrogens with one attached hydrogen (secondary N) is 1. The average Bonchev–Trinajstić information content (AvgIpc) is 3.39. The Bertz CT molecular complexity index is 1150. The summed E-state index contributed by atoms with van der Waals surface area (Å²) in [5, 5.41) is 1.92. The summed E-state index contributed by atoms with van der Waals surface area (Å²) in [4.78, 5) is 27.9. The van der Waals surface area contributed by atoms with Crippen LogP contribution < -0.4 is 14.8 Å². The highest BCUT2D eigenvalue weighted by molar-refractivity contribution is 8.18. The van der Waals surface area contributed by atoms with Crippen LogP contribution in [0.4, 0.5) is 4.79 Å². The van der Waals surface area contributed by atoms with Crippen molar-refractivity contribution < 1.29 is 19.1 Å². The largest absolute Gasteiger partial charge is 0.454 e. The number of carbonyl (C=O) groups is 2. The van der Waals surface area contributed by atoms with Crippen LogP contribution in [0.25, 0.3) is 17.1 Å². The van der Waals surface area contributed by atoms with Crippen LogP contribution in [0.2, 0.25) is 0 Å². The minimum atomic E-state index is -0.358. The van der Waals surface area contributed by atoms with Gasteiger partial charge in [0, 0.05) is 6.54 Å². The number of imide groups is 1. The predicted octanol–water partition coefficient (Wildman–Crippen LogP) is 3.33. The summed E-state index contributed by atoms with van der Waals surface area (Å²) < 4.78 is 13.1. The van der Waals surface area contributed by atoms with Crippen LogP contribution in [-0.4, -0.2) is 27.5 Å². The summed E-state index contributed by atoms with van der Waals surface area (Å²) in [6.45, 7) is 0.983. The first-order valence-corrected chi connectivity index (χ1v) is 9.56. The van der Waals surface area contributed by atoms with E-state index >= 15 is 0 Å². The predicted molar refractivity (Wildman–Crippen MR) is 105 cm³/mol. The molecular formula is C20H15N3O4S. The van der Waals surface area contributed by atoms with Gasteiger partial charge in [0.2, 0.25) is 6.79 Å². The van der Waals surface area contributed by atoms with Crippen molar-refractivity contribution in [1.82, 2.24) is 14.9 Å². The molecule has 3 aromatic rings. The van der Waals surface area contributed by atoms with Crippen molar-refractivity contribution in [2.45, 2.75) is 13.0 Å². The van der Waals surface area contributed by atoms with Gasteiger partial charge in [-0.25, -0.2) is 4.98 Å². The average molecular weight is 393 g/mol. The molecule has 0 aliphatic carbocycles. The van der Waals surface area contributed by atoms with Gasteiger partial charge in [-0.1, -0.05) is 18.2 Å².